The molecule has 0 amide bonds. The van der Waals surface area contributed by atoms with Gasteiger partial charge in [0.2, 0.25) is 0 Å². The Bertz CT molecular complexity index is 313. The summed E-state index contributed by atoms with van der Waals surface area (Å²) in [5, 5.41) is -0.152. The van der Waals surface area contributed by atoms with Crippen LogP contribution >= 0.6 is 0 Å². The molecule has 1 saturated carbocycles. The average molecular weight is 247 g/mol. The molecule has 1 aliphatic carbocycles. The Labute approximate surface area is 99.7 Å². The largest absolute Gasteiger partial charge is 0.327 e. The van der Waals surface area contributed by atoms with Crippen LogP contribution in [0.15, 0.2) is 0 Å². The van der Waals surface area contributed by atoms with Crippen molar-refractivity contribution in [2.24, 2.45) is 17.6 Å². The maximum Gasteiger partial charge on any atom is 0.150 e. The van der Waals surface area contributed by atoms with Gasteiger partial charge >= 0.3 is 0 Å². The van der Waals surface area contributed by atoms with E-state index in [0.717, 1.165) is 32.1 Å². The normalized spacial score (nSPS) is 31.0. The topological polar surface area (TPSA) is 60.2 Å². The van der Waals surface area contributed by atoms with Crippen molar-refractivity contribution in [2.45, 2.75) is 57.2 Å². The molecule has 0 aromatic carbocycles. The molecule has 0 heterocycles. The van der Waals surface area contributed by atoms with Crippen LogP contribution in [0.1, 0.15) is 46.0 Å². The van der Waals surface area contributed by atoms with Gasteiger partial charge in [0.25, 0.3) is 0 Å². The van der Waals surface area contributed by atoms with Crippen molar-refractivity contribution in [2.75, 3.05) is 6.26 Å². The van der Waals surface area contributed by atoms with Crippen molar-refractivity contribution in [3.8, 4) is 0 Å². The van der Waals surface area contributed by atoms with Crippen LogP contribution in [0.2, 0.25) is 0 Å². The number of hydrogen-bond donors (Lipinski definition) is 1. The van der Waals surface area contributed by atoms with Crippen molar-refractivity contribution >= 4 is 9.84 Å². The SMILES string of the molecule is CCC(C)C(N)C1CCCC(S(C)(=O)=O)C1. The van der Waals surface area contributed by atoms with Gasteiger partial charge < -0.3 is 5.73 Å². The van der Waals surface area contributed by atoms with Crippen LogP contribution in [0, 0.1) is 11.8 Å². The third-order valence-electron chi connectivity index (χ3n) is 4.12. The van der Waals surface area contributed by atoms with E-state index in [1.165, 1.54) is 6.26 Å². The Morgan fingerprint density at radius 1 is 1.38 bits per heavy atom. The lowest BCUT2D eigenvalue weighted by Gasteiger charge is -2.34. The summed E-state index contributed by atoms with van der Waals surface area (Å²) in [6.45, 7) is 4.30. The third-order valence-corrected chi connectivity index (χ3v) is 5.76. The molecule has 16 heavy (non-hydrogen) atoms. The molecule has 2 N–H and O–H groups in total. The molecule has 3 nitrogen and oxygen atoms in total. The number of nitrogens with two attached hydrogens (primary N) is 1. The van der Waals surface area contributed by atoms with Crippen LogP contribution in [-0.4, -0.2) is 26.0 Å². The Morgan fingerprint density at radius 2 is 2.00 bits per heavy atom. The zero-order chi connectivity index (χ0) is 12.3. The van der Waals surface area contributed by atoms with Crippen molar-refractivity contribution in [3.05, 3.63) is 0 Å². The van der Waals surface area contributed by atoms with Gasteiger partial charge in [0.05, 0.1) is 5.25 Å². The fraction of sp³-hybridized carbons (Fsp3) is 1.00. The smallest absolute Gasteiger partial charge is 0.150 e. The van der Waals surface area contributed by atoms with Crippen LogP contribution in [0.5, 0.6) is 0 Å². The van der Waals surface area contributed by atoms with E-state index in [2.05, 4.69) is 13.8 Å². The zero-order valence-electron chi connectivity index (χ0n) is 10.6. The van der Waals surface area contributed by atoms with Gasteiger partial charge in [-0.3, -0.25) is 0 Å². The molecule has 0 saturated heterocycles. The molecular weight excluding hydrogens is 222 g/mol. The Balaban J connectivity index is 2.64. The summed E-state index contributed by atoms with van der Waals surface area (Å²) in [7, 11) is -2.88. The van der Waals surface area contributed by atoms with Crippen molar-refractivity contribution in [3.63, 3.8) is 0 Å². The minimum absolute atomic E-state index is 0.152. The predicted molar refractivity (Wildman–Crippen MR) is 68.0 cm³/mol. The summed E-state index contributed by atoms with van der Waals surface area (Å²) in [4.78, 5) is 0. The lowest BCUT2D eigenvalue weighted by Crippen LogP contribution is -2.41. The molecule has 1 rings (SSSR count). The Hall–Kier alpha value is -0.0900. The van der Waals surface area contributed by atoms with Gasteiger partial charge in [-0.1, -0.05) is 26.7 Å². The highest BCUT2D eigenvalue weighted by Gasteiger charge is 2.32. The van der Waals surface area contributed by atoms with E-state index in [1.54, 1.807) is 0 Å². The standard InChI is InChI=1S/C12H25NO2S/c1-4-9(2)12(13)10-6-5-7-11(8-10)16(3,14)15/h9-12H,4-8,13H2,1-3H3. The van der Waals surface area contributed by atoms with E-state index in [-0.39, 0.29) is 11.3 Å². The van der Waals surface area contributed by atoms with Crippen LogP contribution in [-0.2, 0) is 9.84 Å². The highest BCUT2D eigenvalue weighted by molar-refractivity contribution is 7.91. The molecule has 0 spiro atoms. The molecule has 96 valence electrons. The van der Waals surface area contributed by atoms with Crippen molar-refractivity contribution in [1.29, 1.82) is 0 Å². The molecule has 0 aliphatic heterocycles. The first kappa shape index (κ1) is 14.0. The summed E-state index contributed by atoms with van der Waals surface area (Å²) in [5.74, 6) is 0.881. The third kappa shape index (κ3) is 3.45. The van der Waals surface area contributed by atoms with Gasteiger partial charge in [-0.25, -0.2) is 8.42 Å². The minimum atomic E-state index is -2.88. The Kier molecular flexibility index (Phi) is 4.80. The minimum Gasteiger partial charge on any atom is -0.327 e. The second-order valence-electron chi connectivity index (χ2n) is 5.34. The van der Waals surface area contributed by atoms with Gasteiger partial charge in [0.15, 0.2) is 0 Å². The highest BCUT2D eigenvalue weighted by Crippen LogP contribution is 2.32. The molecular formula is C12H25NO2S. The van der Waals surface area contributed by atoms with Crippen molar-refractivity contribution in [1.82, 2.24) is 0 Å². The van der Waals surface area contributed by atoms with Crippen LogP contribution in [0.4, 0.5) is 0 Å². The first-order valence-corrected chi connectivity index (χ1v) is 8.26. The molecule has 1 fully saturated rings. The fourth-order valence-corrected chi connectivity index (χ4v) is 3.85. The van der Waals surface area contributed by atoms with E-state index < -0.39 is 9.84 Å². The molecule has 1 aliphatic rings. The quantitative estimate of drug-likeness (QED) is 0.826. The number of sulfone groups is 1. The Morgan fingerprint density at radius 3 is 2.50 bits per heavy atom. The lowest BCUT2D eigenvalue weighted by molar-refractivity contribution is 0.250. The lowest BCUT2D eigenvalue weighted by atomic mass is 9.79. The van der Waals surface area contributed by atoms with E-state index in [1.807, 2.05) is 0 Å². The average Bonchev–Trinajstić information content (AvgIpc) is 2.26. The molecule has 4 unspecified atom stereocenters. The van der Waals surface area contributed by atoms with Crippen LogP contribution in [0.25, 0.3) is 0 Å². The molecule has 0 aromatic heterocycles. The van der Waals surface area contributed by atoms with E-state index >= 15 is 0 Å². The number of rotatable bonds is 4. The van der Waals surface area contributed by atoms with E-state index in [4.69, 9.17) is 5.73 Å². The number of hydrogen-bond acceptors (Lipinski definition) is 3. The monoisotopic (exact) mass is 247 g/mol. The van der Waals surface area contributed by atoms with Crippen LogP contribution in [0.3, 0.4) is 0 Å². The molecule has 0 aromatic rings. The van der Waals surface area contributed by atoms with Gasteiger partial charge in [0, 0.05) is 12.3 Å². The second kappa shape index (κ2) is 5.50. The van der Waals surface area contributed by atoms with Gasteiger partial charge in [-0.05, 0) is 31.1 Å². The first-order chi connectivity index (χ1) is 7.36. The summed E-state index contributed by atoms with van der Waals surface area (Å²) < 4.78 is 23.1. The highest BCUT2D eigenvalue weighted by atomic mass is 32.2. The summed E-state index contributed by atoms with van der Waals surface area (Å²) >= 11 is 0. The van der Waals surface area contributed by atoms with Gasteiger partial charge in [0.1, 0.15) is 9.84 Å². The van der Waals surface area contributed by atoms with Crippen LogP contribution < -0.4 is 5.73 Å². The fourth-order valence-electron chi connectivity index (χ4n) is 2.66. The summed E-state index contributed by atoms with van der Waals surface area (Å²) in [5.41, 5.74) is 6.21. The van der Waals surface area contributed by atoms with Gasteiger partial charge in [-0.2, -0.15) is 0 Å². The first-order valence-electron chi connectivity index (χ1n) is 6.30. The molecule has 4 atom stereocenters. The second-order valence-corrected chi connectivity index (χ2v) is 7.67. The molecule has 0 radical (unpaired) electrons. The summed E-state index contributed by atoms with van der Waals surface area (Å²) in [6, 6.07) is 0.162. The maximum atomic E-state index is 11.6. The van der Waals surface area contributed by atoms with Gasteiger partial charge in [-0.15, -0.1) is 0 Å². The predicted octanol–water partition coefficient (Wildman–Crippen LogP) is 1.96. The molecule has 0 bridgehead atoms. The zero-order valence-corrected chi connectivity index (χ0v) is 11.5. The molecule has 4 heteroatoms. The van der Waals surface area contributed by atoms with E-state index in [0.29, 0.717) is 11.8 Å². The maximum absolute atomic E-state index is 11.6. The van der Waals surface area contributed by atoms with E-state index in [9.17, 15) is 8.42 Å². The van der Waals surface area contributed by atoms with Crippen molar-refractivity contribution < 1.29 is 8.42 Å². The summed E-state index contributed by atoms with van der Waals surface area (Å²) in [6.07, 6.45) is 6.12.